The van der Waals surface area contributed by atoms with Gasteiger partial charge in [-0.25, -0.2) is 4.79 Å². The lowest BCUT2D eigenvalue weighted by Crippen LogP contribution is -2.38. The molecule has 0 heterocycles. The number of esters is 1. The maximum Gasteiger partial charge on any atom is 0.338 e. The predicted molar refractivity (Wildman–Crippen MR) is 87.2 cm³/mol. The number of benzene rings is 1. The van der Waals surface area contributed by atoms with Gasteiger partial charge in [0.1, 0.15) is 12.4 Å². The van der Waals surface area contributed by atoms with Crippen LogP contribution < -0.4 is 0 Å². The first-order chi connectivity index (χ1) is 10.1. The normalized spacial score (nSPS) is 11.5. The molecule has 0 aliphatic carbocycles. The fraction of sp³-hybridized carbons (Fsp3) is 0.444. The minimum absolute atomic E-state index is 0.0457. The molecule has 0 atom stereocenters. The van der Waals surface area contributed by atoms with Gasteiger partial charge in [-0.15, -0.1) is 0 Å². The van der Waals surface area contributed by atoms with Crippen LogP contribution in [0.1, 0.15) is 50.5 Å². The van der Waals surface area contributed by atoms with E-state index in [1.165, 1.54) is 6.08 Å². The average Bonchev–Trinajstić information content (AvgIpc) is 2.44. The third-order valence-electron chi connectivity index (χ3n) is 3.25. The number of ketones is 1. The van der Waals surface area contributed by atoms with E-state index in [1.54, 1.807) is 38.1 Å². The van der Waals surface area contributed by atoms with E-state index < -0.39 is 16.8 Å². The Labute approximate surface area is 131 Å². The van der Waals surface area contributed by atoms with Crippen molar-refractivity contribution in [2.75, 3.05) is 6.61 Å². The summed E-state index contributed by atoms with van der Waals surface area (Å²) in [5, 5.41) is 6.87. The van der Waals surface area contributed by atoms with Crippen molar-refractivity contribution in [1.29, 1.82) is 5.41 Å². The Hall–Kier alpha value is -2.19. The highest BCUT2D eigenvalue weighted by Gasteiger charge is 2.37. The number of ether oxygens (including phenoxy) is 1. The van der Waals surface area contributed by atoms with Crippen LogP contribution in [0.4, 0.5) is 0 Å². The monoisotopic (exact) mass is 301 g/mol. The maximum absolute atomic E-state index is 12.3. The highest BCUT2D eigenvalue weighted by atomic mass is 16.5. The first kappa shape index (κ1) is 17.9. The van der Waals surface area contributed by atoms with Gasteiger partial charge < -0.3 is 4.74 Å². The Bertz CT molecular complexity index is 600. The summed E-state index contributed by atoms with van der Waals surface area (Å²) in [6.45, 7) is 9.18. The van der Waals surface area contributed by atoms with E-state index in [0.717, 1.165) is 5.56 Å². The first-order valence-electron chi connectivity index (χ1n) is 7.15. The maximum atomic E-state index is 12.3. The molecular weight excluding hydrogens is 278 g/mol. The molecule has 1 aromatic carbocycles. The summed E-state index contributed by atoms with van der Waals surface area (Å²) in [5.41, 5.74) is 0.00359. The molecule has 0 amide bonds. The first-order valence-corrected chi connectivity index (χ1v) is 7.15. The van der Waals surface area contributed by atoms with E-state index in [1.807, 2.05) is 20.8 Å². The Morgan fingerprint density at radius 3 is 2.14 bits per heavy atom. The average molecular weight is 301 g/mol. The number of hydrogen-bond donors (Lipinski definition) is 1. The lowest BCUT2D eigenvalue weighted by molar-refractivity contribution is -0.137. The molecule has 0 fully saturated rings. The number of carbonyl (C=O) groups is 2. The molecule has 0 saturated carbocycles. The van der Waals surface area contributed by atoms with Crippen LogP contribution in [0.15, 0.2) is 24.3 Å². The molecule has 1 rings (SSSR count). The summed E-state index contributed by atoms with van der Waals surface area (Å²) in [6, 6.07) is 6.68. The molecule has 0 unspecified atom stereocenters. The highest BCUT2D eigenvalue weighted by molar-refractivity contribution is 5.91. The minimum atomic E-state index is -0.725. The van der Waals surface area contributed by atoms with E-state index in [2.05, 4.69) is 5.87 Å². The largest absolute Gasteiger partial charge is 0.461 e. The Balaban J connectivity index is 2.73. The molecule has 0 aromatic heterocycles. The third-order valence-corrected chi connectivity index (χ3v) is 3.25. The Morgan fingerprint density at radius 2 is 1.68 bits per heavy atom. The fourth-order valence-corrected chi connectivity index (χ4v) is 2.21. The van der Waals surface area contributed by atoms with Crippen LogP contribution in [0.5, 0.6) is 0 Å². The van der Waals surface area contributed by atoms with Gasteiger partial charge in [0.2, 0.25) is 0 Å². The topological polar surface area (TPSA) is 67.2 Å². The van der Waals surface area contributed by atoms with Crippen LogP contribution >= 0.6 is 0 Å². The van der Waals surface area contributed by atoms with Gasteiger partial charge in [-0.05, 0) is 37.4 Å². The van der Waals surface area contributed by atoms with E-state index >= 15 is 0 Å². The molecule has 0 spiro atoms. The molecule has 0 bridgehead atoms. The lowest BCUT2D eigenvalue weighted by atomic mass is 9.75. The molecule has 0 radical (unpaired) electrons. The van der Waals surface area contributed by atoms with Gasteiger partial charge in [-0.3, -0.25) is 10.2 Å². The second-order valence-electron chi connectivity index (χ2n) is 6.95. The van der Waals surface area contributed by atoms with E-state index in [0.29, 0.717) is 5.56 Å². The molecular formula is C18H23NO3. The van der Waals surface area contributed by atoms with Crippen molar-refractivity contribution >= 4 is 23.7 Å². The van der Waals surface area contributed by atoms with Crippen molar-refractivity contribution in [1.82, 2.24) is 0 Å². The van der Waals surface area contributed by atoms with Gasteiger partial charge in [0.15, 0.2) is 0 Å². The van der Waals surface area contributed by atoms with Crippen LogP contribution in [0.3, 0.4) is 0 Å². The van der Waals surface area contributed by atoms with Gasteiger partial charge in [0, 0.05) is 11.5 Å². The van der Waals surface area contributed by atoms with Gasteiger partial charge in [-0.1, -0.05) is 32.9 Å². The number of Topliss-reactive ketones (excluding diaryl/α,β-unsaturated/α-hetero) is 1. The highest BCUT2D eigenvalue weighted by Crippen LogP contribution is 2.29. The second kappa shape index (κ2) is 6.71. The zero-order valence-corrected chi connectivity index (χ0v) is 13.8. The van der Waals surface area contributed by atoms with Gasteiger partial charge >= 0.3 is 5.97 Å². The van der Waals surface area contributed by atoms with Crippen molar-refractivity contribution in [2.45, 2.75) is 34.6 Å². The van der Waals surface area contributed by atoms with Crippen LogP contribution in [0.2, 0.25) is 0 Å². The fourth-order valence-electron chi connectivity index (χ4n) is 2.21. The van der Waals surface area contributed by atoms with E-state index in [4.69, 9.17) is 10.1 Å². The smallest absolute Gasteiger partial charge is 0.338 e. The zero-order chi connectivity index (χ0) is 17.0. The van der Waals surface area contributed by atoms with Crippen molar-refractivity contribution in [3.63, 3.8) is 0 Å². The summed E-state index contributed by atoms with van der Waals surface area (Å²) in [7, 11) is 0. The van der Waals surface area contributed by atoms with E-state index in [9.17, 15) is 9.59 Å². The number of carbonyl (C=O) groups excluding carboxylic acids is 2. The van der Waals surface area contributed by atoms with Crippen molar-refractivity contribution < 1.29 is 14.3 Å². The van der Waals surface area contributed by atoms with Crippen LogP contribution in [0, 0.1) is 16.2 Å². The molecule has 118 valence electrons. The summed E-state index contributed by atoms with van der Waals surface area (Å²) in [5.74, 6) is 1.77. The summed E-state index contributed by atoms with van der Waals surface area (Å²) >= 11 is 0. The van der Waals surface area contributed by atoms with Crippen LogP contribution in [0.25, 0.3) is 6.08 Å². The molecule has 4 nitrogen and oxygen atoms in total. The van der Waals surface area contributed by atoms with Crippen LogP contribution in [-0.2, 0) is 9.53 Å². The SMILES string of the molecule is CC(C)(C)C(=O)C(C)(C)COC(=O)c1ccc(C=C=N)cc1. The summed E-state index contributed by atoms with van der Waals surface area (Å²) in [6.07, 6.45) is 1.50. The van der Waals surface area contributed by atoms with Gasteiger partial charge in [0.05, 0.1) is 11.0 Å². The quantitative estimate of drug-likeness (QED) is 0.665. The Morgan fingerprint density at radius 1 is 1.14 bits per heavy atom. The molecule has 4 heteroatoms. The van der Waals surface area contributed by atoms with Crippen molar-refractivity contribution in [2.24, 2.45) is 10.8 Å². The number of nitrogens with one attached hydrogen (secondary N) is 1. The standard InChI is InChI=1S/C18H23NO3/c1-17(2,3)16(21)18(4,5)12-22-15(20)14-8-6-13(7-9-14)10-11-19/h6-10,19H,12H2,1-5H3. The molecule has 1 N–H and O–H groups in total. The Kier molecular flexibility index (Phi) is 5.45. The minimum Gasteiger partial charge on any atom is -0.461 e. The molecule has 22 heavy (non-hydrogen) atoms. The molecule has 1 aromatic rings. The summed E-state index contributed by atoms with van der Waals surface area (Å²) in [4.78, 5) is 24.4. The summed E-state index contributed by atoms with van der Waals surface area (Å²) < 4.78 is 5.29. The third kappa shape index (κ3) is 4.68. The predicted octanol–water partition coefficient (Wildman–Crippen LogP) is 3.75. The molecule has 0 aliphatic heterocycles. The number of hydrogen-bond acceptors (Lipinski definition) is 4. The van der Waals surface area contributed by atoms with Crippen molar-refractivity contribution in [3.05, 3.63) is 35.4 Å². The van der Waals surface area contributed by atoms with E-state index in [-0.39, 0.29) is 12.4 Å². The molecule has 0 saturated heterocycles. The molecule has 0 aliphatic rings. The lowest BCUT2D eigenvalue weighted by Gasteiger charge is -2.30. The number of rotatable bonds is 5. The van der Waals surface area contributed by atoms with Gasteiger partial charge in [-0.2, -0.15) is 0 Å². The second-order valence-corrected chi connectivity index (χ2v) is 6.95. The zero-order valence-electron chi connectivity index (χ0n) is 13.8. The van der Waals surface area contributed by atoms with Crippen LogP contribution in [-0.4, -0.2) is 24.2 Å². The van der Waals surface area contributed by atoms with Gasteiger partial charge in [0.25, 0.3) is 0 Å². The van der Waals surface area contributed by atoms with Crippen molar-refractivity contribution in [3.8, 4) is 0 Å².